The van der Waals surface area contributed by atoms with E-state index in [1.807, 2.05) is 6.92 Å². The van der Waals surface area contributed by atoms with Gasteiger partial charge in [-0.2, -0.15) is 13.2 Å². The summed E-state index contributed by atoms with van der Waals surface area (Å²) in [6.45, 7) is 2.28. The molecule has 0 amide bonds. The van der Waals surface area contributed by atoms with Crippen LogP contribution in [0, 0.1) is 0 Å². The Kier molecular flexibility index (Phi) is 5.22. The van der Waals surface area contributed by atoms with Crippen LogP contribution in [-0.4, -0.2) is 34.6 Å². The lowest BCUT2D eigenvalue weighted by Gasteiger charge is -2.08. The number of nitrogens with zero attached hydrogens (tertiary/aromatic N) is 2. The number of hydrogen-bond acceptors (Lipinski definition) is 4. The van der Waals surface area contributed by atoms with Crippen LogP contribution in [0.1, 0.15) is 28.7 Å². The van der Waals surface area contributed by atoms with E-state index in [4.69, 9.17) is 5.11 Å². The summed E-state index contributed by atoms with van der Waals surface area (Å²) in [5.74, 6) is -0.621. The van der Waals surface area contributed by atoms with E-state index in [1.54, 1.807) is 28.9 Å². The number of carboxylic acids is 1. The highest BCUT2D eigenvalue weighted by Gasteiger charge is 2.47. The van der Waals surface area contributed by atoms with Crippen molar-refractivity contribution >= 4 is 39.0 Å². The zero-order chi connectivity index (χ0) is 21.4. The zero-order valence-corrected chi connectivity index (χ0v) is 15.8. The van der Waals surface area contributed by atoms with Crippen LogP contribution in [0.15, 0.2) is 47.4 Å². The number of imidazole rings is 1. The van der Waals surface area contributed by atoms with Crippen LogP contribution in [0.4, 0.5) is 13.2 Å². The highest BCUT2D eigenvalue weighted by Crippen LogP contribution is 2.32. The molecule has 0 radical (unpaired) electrons. The number of benzene rings is 2. The van der Waals surface area contributed by atoms with E-state index in [-0.39, 0.29) is 11.1 Å². The van der Waals surface area contributed by atoms with Gasteiger partial charge in [0.15, 0.2) is 0 Å². The van der Waals surface area contributed by atoms with Crippen molar-refractivity contribution in [2.75, 3.05) is 0 Å². The molecule has 3 rings (SSSR count). The largest absolute Gasteiger partial charge is 0.501 e. The molecule has 10 heteroatoms. The number of aromatic carboxylic acids is 1. The number of sulfone groups is 1. The summed E-state index contributed by atoms with van der Waals surface area (Å²) in [6, 6.07) is 9.21. The number of carbonyl (C=O) groups is 1. The average molecular weight is 424 g/mol. The van der Waals surface area contributed by atoms with Gasteiger partial charge in [-0.3, -0.25) is 0 Å². The number of aryl methyl sites for hydroxylation is 1. The number of carboxylic acid groups (broad SMARTS) is 1. The molecule has 0 aliphatic heterocycles. The molecular weight excluding hydrogens is 409 g/mol. The van der Waals surface area contributed by atoms with Crippen molar-refractivity contribution in [3.05, 3.63) is 59.4 Å². The molecule has 0 fully saturated rings. The third kappa shape index (κ3) is 3.88. The summed E-state index contributed by atoms with van der Waals surface area (Å²) in [6.07, 6.45) is 3.30. The molecule has 1 heterocycles. The molecule has 0 aliphatic carbocycles. The average Bonchev–Trinajstić information content (AvgIpc) is 3.02. The Bertz CT molecular complexity index is 1210. The normalized spacial score (nSPS) is 12.7. The second kappa shape index (κ2) is 7.36. The lowest BCUT2D eigenvalue weighted by atomic mass is 10.1. The fourth-order valence-corrected chi connectivity index (χ4v) is 3.58. The maximum atomic E-state index is 12.8. The summed E-state index contributed by atoms with van der Waals surface area (Å²) < 4.78 is 63.4. The first kappa shape index (κ1) is 20.6. The van der Waals surface area contributed by atoms with E-state index in [0.717, 1.165) is 12.1 Å². The second-order valence-corrected chi connectivity index (χ2v) is 8.02. The Morgan fingerprint density at radius 3 is 2.34 bits per heavy atom. The zero-order valence-electron chi connectivity index (χ0n) is 15.0. The number of alkyl halides is 3. The van der Waals surface area contributed by atoms with Crippen molar-refractivity contribution in [1.82, 2.24) is 9.55 Å². The number of rotatable bonds is 5. The molecule has 0 bridgehead atoms. The summed E-state index contributed by atoms with van der Waals surface area (Å²) in [5.41, 5.74) is -3.93. The van der Waals surface area contributed by atoms with E-state index < -0.39 is 26.2 Å². The molecule has 1 aromatic heterocycles. The van der Waals surface area contributed by atoms with Crippen LogP contribution >= 0.6 is 0 Å². The van der Waals surface area contributed by atoms with Crippen LogP contribution in [0.2, 0.25) is 0 Å². The first-order chi connectivity index (χ1) is 13.5. The van der Waals surface area contributed by atoms with Crippen molar-refractivity contribution in [3.63, 3.8) is 0 Å². The minimum absolute atomic E-state index is 0.123. The van der Waals surface area contributed by atoms with Gasteiger partial charge in [0.25, 0.3) is 9.84 Å². The molecule has 29 heavy (non-hydrogen) atoms. The Balaban J connectivity index is 2.01. The summed E-state index contributed by atoms with van der Waals surface area (Å²) in [4.78, 5) is 14.3. The minimum atomic E-state index is -5.46. The number of aromatic nitrogens is 2. The van der Waals surface area contributed by atoms with Gasteiger partial charge < -0.3 is 9.67 Å². The molecule has 0 aliphatic rings. The molecule has 0 saturated heterocycles. The predicted molar refractivity (Wildman–Crippen MR) is 101 cm³/mol. The van der Waals surface area contributed by atoms with Gasteiger partial charge >= 0.3 is 11.5 Å². The monoisotopic (exact) mass is 424 g/mol. The smallest absolute Gasteiger partial charge is 0.478 e. The van der Waals surface area contributed by atoms with E-state index in [1.165, 1.54) is 18.2 Å². The highest BCUT2D eigenvalue weighted by atomic mass is 32.2. The van der Waals surface area contributed by atoms with Gasteiger partial charge in [-0.1, -0.05) is 18.2 Å². The predicted octanol–water partition coefficient (Wildman–Crippen LogP) is 4.22. The number of halogens is 3. The third-order valence-electron chi connectivity index (χ3n) is 4.26. The maximum Gasteiger partial charge on any atom is 0.501 e. The Labute approximate surface area is 163 Å². The lowest BCUT2D eigenvalue weighted by molar-refractivity contribution is -0.0436. The van der Waals surface area contributed by atoms with E-state index >= 15 is 0 Å². The van der Waals surface area contributed by atoms with Gasteiger partial charge in [0, 0.05) is 6.54 Å². The molecule has 0 atom stereocenters. The van der Waals surface area contributed by atoms with Crippen molar-refractivity contribution in [2.24, 2.45) is 0 Å². The second-order valence-electron chi connectivity index (χ2n) is 6.07. The number of hydrogen-bond donors (Lipinski definition) is 1. The van der Waals surface area contributed by atoms with Crippen molar-refractivity contribution in [2.45, 2.75) is 23.9 Å². The Morgan fingerprint density at radius 2 is 1.79 bits per heavy atom. The van der Waals surface area contributed by atoms with E-state index in [0.29, 0.717) is 23.4 Å². The summed E-state index contributed by atoms with van der Waals surface area (Å²) >= 11 is 0. The summed E-state index contributed by atoms with van der Waals surface area (Å²) in [5, 5.41) is 8.92. The van der Waals surface area contributed by atoms with E-state index in [9.17, 15) is 26.4 Å². The van der Waals surface area contributed by atoms with Gasteiger partial charge in [-0.15, -0.1) is 0 Å². The van der Waals surface area contributed by atoms with Gasteiger partial charge in [-0.25, -0.2) is 18.2 Å². The topological polar surface area (TPSA) is 89.3 Å². The van der Waals surface area contributed by atoms with Gasteiger partial charge in [0.1, 0.15) is 5.82 Å². The molecule has 0 spiro atoms. The Morgan fingerprint density at radius 1 is 1.14 bits per heavy atom. The highest BCUT2D eigenvalue weighted by molar-refractivity contribution is 7.92. The molecule has 152 valence electrons. The fraction of sp³-hybridized carbons (Fsp3) is 0.158. The Hall–Kier alpha value is -3.14. The molecule has 3 aromatic rings. The molecule has 1 N–H and O–H groups in total. The SMILES string of the molecule is CCn1c(/C=C\c2ccc(C(=O)O)cc2)nc2cc(S(=O)(=O)C(F)(F)F)ccc21. The first-order valence-electron chi connectivity index (χ1n) is 8.37. The maximum absolute atomic E-state index is 12.8. The van der Waals surface area contributed by atoms with Crippen LogP contribution in [0.5, 0.6) is 0 Å². The number of fused-ring (bicyclic) bond motifs is 1. The van der Waals surface area contributed by atoms with Gasteiger partial charge in [0.2, 0.25) is 0 Å². The fourth-order valence-electron chi connectivity index (χ4n) is 2.80. The molecule has 6 nitrogen and oxygen atoms in total. The molecule has 0 unspecified atom stereocenters. The molecular formula is C19H15F3N2O4S. The third-order valence-corrected chi connectivity index (χ3v) is 5.75. The van der Waals surface area contributed by atoms with Gasteiger partial charge in [0.05, 0.1) is 21.5 Å². The molecule has 0 saturated carbocycles. The minimum Gasteiger partial charge on any atom is -0.478 e. The molecule has 2 aromatic carbocycles. The standard InChI is InChI=1S/C19H15F3N2O4S/c1-2-24-16-9-8-14(29(27,28)19(20,21)22)11-15(16)23-17(24)10-5-12-3-6-13(7-4-12)18(25)26/h3-11H,2H2,1H3,(H,25,26)/b10-5-. The summed E-state index contributed by atoms with van der Waals surface area (Å²) in [7, 11) is -5.46. The van der Waals surface area contributed by atoms with Crippen LogP contribution in [-0.2, 0) is 16.4 Å². The van der Waals surface area contributed by atoms with Crippen molar-refractivity contribution in [3.8, 4) is 0 Å². The van der Waals surface area contributed by atoms with Crippen molar-refractivity contribution < 1.29 is 31.5 Å². The van der Waals surface area contributed by atoms with Crippen LogP contribution < -0.4 is 0 Å². The first-order valence-corrected chi connectivity index (χ1v) is 9.86. The van der Waals surface area contributed by atoms with Gasteiger partial charge in [-0.05, 0) is 48.9 Å². The van der Waals surface area contributed by atoms with Crippen LogP contribution in [0.25, 0.3) is 23.2 Å². The van der Waals surface area contributed by atoms with E-state index in [2.05, 4.69) is 4.98 Å². The lowest BCUT2D eigenvalue weighted by Crippen LogP contribution is -2.23. The van der Waals surface area contributed by atoms with Crippen molar-refractivity contribution in [1.29, 1.82) is 0 Å². The van der Waals surface area contributed by atoms with Crippen LogP contribution in [0.3, 0.4) is 0 Å². The quantitative estimate of drug-likeness (QED) is 0.663.